The highest BCUT2D eigenvalue weighted by molar-refractivity contribution is 9.10. The van der Waals surface area contributed by atoms with Gasteiger partial charge in [-0.3, -0.25) is 14.5 Å². The number of anilines is 1. The number of nitro groups is 1. The first-order valence-corrected chi connectivity index (χ1v) is 14.2. The first-order chi connectivity index (χ1) is 17.7. The Hall–Kier alpha value is -3.15. The van der Waals surface area contributed by atoms with E-state index in [0.717, 1.165) is 48.1 Å². The molecule has 0 bridgehead atoms. The molecule has 0 radical (unpaired) electrons. The minimum atomic E-state index is -4.42. The summed E-state index contributed by atoms with van der Waals surface area (Å²) in [6, 6.07) is 13.9. The summed E-state index contributed by atoms with van der Waals surface area (Å²) in [7, 11) is -4.42. The van der Waals surface area contributed by atoms with Crippen molar-refractivity contribution < 1.29 is 17.5 Å². The van der Waals surface area contributed by atoms with E-state index in [1.807, 2.05) is 22.7 Å². The van der Waals surface area contributed by atoms with Gasteiger partial charge in [0.1, 0.15) is 27.1 Å². The van der Waals surface area contributed by atoms with E-state index in [1.165, 1.54) is 18.6 Å². The molecule has 0 unspecified atom stereocenters. The van der Waals surface area contributed by atoms with Crippen LogP contribution in [0.25, 0.3) is 16.9 Å². The Morgan fingerprint density at radius 1 is 1.11 bits per heavy atom. The molecule has 1 saturated carbocycles. The van der Waals surface area contributed by atoms with Crippen LogP contribution >= 0.6 is 27.5 Å². The summed E-state index contributed by atoms with van der Waals surface area (Å²) in [4.78, 5) is 15.0. The molecule has 1 N–H and O–H groups in total. The van der Waals surface area contributed by atoms with E-state index >= 15 is 0 Å². The molecule has 192 valence electrons. The van der Waals surface area contributed by atoms with Crippen molar-refractivity contribution in [3.8, 4) is 17.0 Å². The highest BCUT2D eigenvalue weighted by Crippen LogP contribution is 2.38. The smallest absolute Gasteiger partial charge is 0.339 e. The zero-order valence-corrected chi connectivity index (χ0v) is 22.6. The van der Waals surface area contributed by atoms with Crippen LogP contribution in [0.1, 0.15) is 32.1 Å². The normalized spacial score (nSPS) is 14.5. The number of benzene rings is 2. The van der Waals surface area contributed by atoms with Crippen molar-refractivity contribution in [1.29, 1.82) is 0 Å². The standard InChI is InChI=1S/C25H22BrClN4O5S/c26-16-10-13-23-29-24(25(30(23)15-16)28-17-6-2-1-3-7-17)19-8-4-5-9-22(19)36-37(34,35)18-11-12-20(27)21(14-18)31(32)33/h4-5,8-15,17,28H,1-3,6-7H2. The Morgan fingerprint density at radius 2 is 1.86 bits per heavy atom. The van der Waals surface area contributed by atoms with Gasteiger partial charge in [0.05, 0.1) is 4.92 Å². The number of halogens is 2. The second-order valence-electron chi connectivity index (χ2n) is 8.77. The fraction of sp³-hybridized carbons (Fsp3) is 0.240. The highest BCUT2D eigenvalue weighted by atomic mass is 79.9. The number of hydrogen-bond acceptors (Lipinski definition) is 7. The fourth-order valence-electron chi connectivity index (χ4n) is 4.47. The van der Waals surface area contributed by atoms with Gasteiger partial charge in [0.2, 0.25) is 0 Å². The van der Waals surface area contributed by atoms with Gasteiger partial charge in [-0.15, -0.1) is 0 Å². The molecule has 4 aromatic rings. The van der Waals surface area contributed by atoms with E-state index in [-0.39, 0.29) is 21.7 Å². The predicted molar refractivity (Wildman–Crippen MR) is 145 cm³/mol. The summed E-state index contributed by atoms with van der Waals surface area (Å²) in [5, 5.41) is 14.7. The number of aromatic nitrogens is 2. The summed E-state index contributed by atoms with van der Waals surface area (Å²) in [5.41, 5.74) is 1.16. The molecule has 1 aliphatic carbocycles. The average molecular weight is 606 g/mol. The maximum absolute atomic E-state index is 13.2. The predicted octanol–water partition coefficient (Wildman–Crippen LogP) is 6.84. The Kier molecular flexibility index (Phi) is 7.11. The van der Waals surface area contributed by atoms with Gasteiger partial charge >= 0.3 is 10.1 Å². The molecule has 1 fully saturated rings. The minimum Gasteiger partial charge on any atom is -0.378 e. The van der Waals surface area contributed by atoms with E-state index in [4.69, 9.17) is 20.8 Å². The lowest BCUT2D eigenvalue weighted by molar-refractivity contribution is -0.384. The molecule has 0 atom stereocenters. The zero-order valence-electron chi connectivity index (χ0n) is 19.4. The minimum absolute atomic E-state index is 0.0502. The summed E-state index contributed by atoms with van der Waals surface area (Å²) in [5.74, 6) is 0.785. The van der Waals surface area contributed by atoms with Gasteiger partial charge < -0.3 is 9.50 Å². The summed E-state index contributed by atoms with van der Waals surface area (Å²) in [6.07, 6.45) is 7.45. The average Bonchev–Trinajstić information content (AvgIpc) is 3.22. The second-order valence-corrected chi connectivity index (χ2v) is 11.6. The van der Waals surface area contributed by atoms with E-state index in [9.17, 15) is 18.5 Å². The third kappa shape index (κ3) is 5.29. The van der Waals surface area contributed by atoms with Gasteiger partial charge in [0.15, 0.2) is 5.75 Å². The lowest BCUT2D eigenvalue weighted by Gasteiger charge is -2.24. The van der Waals surface area contributed by atoms with E-state index in [2.05, 4.69) is 21.2 Å². The largest absolute Gasteiger partial charge is 0.378 e. The number of imidazole rings is 1. The van der Waals surface area contributed by atoms with Crippen LogP contribution < -0.4 is 9.50 Å². The van der Waals surface area contributed by atoms with Crippen LogP contribution in [0.5, 0.6) is 5.75 Å². The van der Waals surface area contributed by atoms with Crippen LogP contribution in [0.4, 0.5) is 11.5 Å². The third-order valence-corrected chi connectivity index (χ3v) is 8.29. The van der Waals surface area contributed by atoms with Crippen molar-refractivity contribution in [2.75, 3.05) is 5.32 Å². The van der Waals surface area contributed by atoms with Crippen LogP contribution in [0.15, 0.2) is 70.2 Å². The van der Waals surface area contributed by atoms with Crippen LogP contribution in [0, 0.1) is 10.1 Å². The van der Waals surface area contributed by atoms with E-state index < -0.39 is 20.7 Å². The second kappa shape index (κ2) is 10.3. The van der Waals surface area contributed by atoms with Crippen molar-refractivity contribution in [3.05, 3.63) is 80.4 Å². The molecular weight excluding hydrogens is 584 g/mol. The molecule has 2 aromatic heterocycles. The molecule has 9 nitrogen and oxygen atoms in total. The van der Waals surface area contributed by atoms with Crippen molar-refractivity contribution >= 4 is 54.8 Å². The maximum atomic E-state index is 13.2. The molecule has 0 spiro atoms. The number of rotatable bonds is 7. The number of nitro benzene ring substituents is 1. The molecule has 2 aromatic carbocycles. The van der Waals surface area contributed by atoms with Gasteiger partial charge in [0.25, 0.3) is 5.69 Å². The molecule has 0 saturated heterocycles. The Bertz CT molecular complexity index is 1600. The molecule has 0 amide bonds. The lowest BCUT2D eigenvalue weighted by Crippen LogP contribution is -2.23. The fourth-order valence-corrected chi connectivity index (χ4v) is 5.97. The number of hydrogen-bond donors (Lipinski definition) is 1. The third-order valence-electron chi connectivity index (χ3n) is 6.27. The molecule has 5 rings (SSSR count). The summed E-state index contributed by atoms with van der Waals surface area (Å²) >= 11 is 9.38. The molecule has 2 heterocycles. The monoisotopic (exact) mass is 604 g/mol. The van der Waals surface area contributed by atoms with Crippen molar-refractivity contribution in [2.45, 2.75) is 43.0 Å². The summed E-state index contributed by atoms with van der Waals surface area (Å²) in [6.45, 7) is 0. The van der Waals surface area contributed by atoms with Gasteiger partial charge in [-0.05, 0) is 65.2 Å². The van der Waals surface area contributed by atoms with Crippen LogP contribution in [0.3, 0.4) is 0 Å². The van der Waals surface area contributed by atoms with Crippen molar-refractivity contribution in [1.82, 2.24) is 9.38 Å². The van der Waals surface area contributed by atoms with E-state index in [0.29, 0.717) is 16.9 Å². The Balaban J connectivity index is 1.58. The highest BCUT2D eigenvalue weighted by Gasteiger charge is 2.26. The number of para-hydroxylation sites is 1. The van der Waals surface area contributed by atoms with Crippen molar-refractivity contribution in [3.63, 3.8) is 0 Å². The number of pyridine rings is 1. The first kappa shape index (κ1) is 25.5. The van der Waals surface area contributed by atoms with Crippen LogP contribution in [-0.2, 0) is 10.1 Å². The SMILES string of the molecule is O=[N+]([O-])c1cc(S(=O)(=O)Oc2ccccc2-c2nc3ccc(Br)cn3c2NC2CCCCC2)ccc1Cl. The first-order valence-electron chi connectivity index (χ1n) is 11.6. The van der Waals surface area contributed by atoms with Gasteiger partial charge in [-0.25, -0.2) is 4.98 Å². The molecule has 37 heavy (non-hydrogen) atoms. The van der Waals surface area contributed by atoms with Crippen LogP contribution in [-0.4, -0.2) is 28.8 Å². The number of fused-ring (bicyclic) bond motifs is 1. The van der Waals surface area contributed by atoms with E-state index in [1.54, 1.807) is 18.2 Å². The molecule has 12 heteroatoms. The molecular formula is C25H22BrClN4O5S. The molecule has 1 aliphatic rings. The molecule has 0 aliphatic heterocycles. The Labute approximate surface area is 226 Å². The quantitative estimate of drug-likeness (QED) is 0.139. The van der Waals surface area contributed by atoms with Gasteiger partial charge in [0, 0.05) is 28.3 Å². The van der Waals surface area contributed by atoms with Crippen LogP contribution in [0.2, 0.25) is 5.02 Å². The van der Waals surface area contributed by atoms with Gasteiger partial charge in [-0.1, -0.05) is 43.0 Å². The van der Waals surface area contributed by atoms with Crippen molar-refractivity contribution in [2.24, 2.45) is 0 Å². The number of nitrogens with one attached hydrogen (secondary N) is 1. The lowest BCUT2D eigenvalue weighted by atomic mass is 9.95. The van der Waals surface area contributed by atoms with Gasteiger partial charge in [-0.2, -0.15) is 8.42 Å². The zero-order chi connectivity index (χ0) is 26.2. The number of nitrogens with zero attached hydrogens (tertiary/aromatic N) is 3. The maximum Gasteiger partial charge on any atom is 0.339 e. The summed E-state index contributed by atoms with van der Waals surface area (Å²) < 4.78 is 34.6. The topological polar surface area (TPSA) is 116 Å². The Morgan fingerprint density at radius 3 is 2.62 bits per heavy atom.